The second-order valence-electron chi connectivity index (χ2n) is 4.72. The molecule has 3 heteroatoms. The Morgan fingerprint density at radius 3 is 2.40 bits per heavy atom. The summed E-state index contributed by atoms with van der Waals surface area (Å²) in [6.45, 7) is 5.49. The average molecular weight is 332 g/mol. The van der Waals surface area contributed by atoms with Gasteiger partial charge in [0, 0.05) is 23.1 Å². The van der Waals surface area contributed by atoms with Crippen LogP contribution in [-0.2, 0) is 6.54 Å². The summed E-state index contributed by atoms with van der Waals surface area (Å²) < 4.78 is 0.961. The first kappa shape index (κ1) is 14.8. The summed E-state index contributed by atoms with van der Waals surface area (Å²) in [5.74, 6) is 0.0864. The quantitative estimate of drug-likeness (QED) is 0.741. The molecule has 0 aliphatic carbocycles. The molecule has 2 aromatic rings. The minimum absolute atomic E-state index is 0.0864. The van der Waals surface area contributed by atoms with Crippen LogP contribution in [-0.4, -0.2) is 12.3 Å². The van der Waals surface area contributed by atoms with E-state index in [2.05, 4.69) is 52.0 Å². The number of Topliss-reactive ketones (excluding diaryl/α,β-unsaturated/α-hetero) is 1. The molecule has 0 heterocycles. The van der Waals surface area contributed by atoms with E-state index >= 15 is 0 Å². The fraction of sp³-hybridized carbons (Fsp3) is 0.235. The molecule has 0 fully saturated rings. The van der Waals surface area contributed by atoms with Crippen LogP contribution in [0.2, 0.25) is 0 Å². The first-order valence-electron chi connectivity index (χ1n) is 6.71. The van der Waals surface area contributed by atoms with Crippen molar-refractivity contribution in [2.24, 2.45) is 0 Å². The van der Waals surface area contributed by atoms with Crippen LogP contribution < -0.4 is 4.90 Å². The second kappa shape index (κ2) is 6.71. The van der Waals surface area contributed by atoms with E-state index in [-0.39, 0.29) is 5.78 Å². The number of anilines is 1. The molecule has 0 spiro atoms. The van der Waals surface area contributed by atoms with Crippen molar-refractivity contribution in [2.75, 3.05) is 11.4 Å². The summed E-state index contributed by atoms with van der Waals surface area (Å²) >= 11 is 3.58. The third-order valence-electron chi connectivity index (χ3n) is 3.29. The van der Waals surface area contributed by atoms with Gasteiger partial charge >= 0.3 is 0 Å². The van der Waals surface area contributed by atoms with Crippen molar-refractivity contribution < 1.29 is 4.79 Å². The van der Waals surface area contributed by atoms with E-state index in [0.717, 1.165) is 28.8 Å². The van der Waals surface area contributed by atoms with Crippen molar-refractivity contribution in [2.45, 2.75) is 20.4 Å². The highest BCUT2D eigenvalue weighted by molar-refractivity contribution is 9.10. The smallest absolute Gasteiger partial charge is 0.159 e. The van der Waals surface area contributed by atoms with Crippen molar-refractivity contribution in [1.29, 1.82) is 0 Å². The van der Waals surface area contributed by atoms with Crippen LogP contribution >= 0.6 is 15.9 Å². The summed E-state index contributed by atoms with van der Waals surface area (Å²) in [7, 11) is 0. The largest absolute Gasteiger partial charge is 0.367 e. The molecule has 104 valence electrons. The number of carbonyl (C=O) groups excluding carboxylic acids is 1. The highest BCUT2D eigenvalue weighted by Gasteiger charge is 2.11. The molecular formula is C17H18BrNO. The van der Waals surface area contributed by atoms with Gasteiger partial charge in [-0.25, -0.2) is 0 Å². The van der Waals surface area contributed by atoms with Gasteiger partial charge in [-0.05, 0) is 53.5 Å². The van der Waals surface area contributed by atoms with E-state index < -0.39 is 0 Å². The summed E-state index contributed by atoms with van der Waals surface area (Å²) in [5, 5.41) is 0. The van der Waals surface area contributed by atoms with Gasteiger partial charge in [0.2, 0.25) is 0 Å². The number of rotatable bonds is 5. The fourth-order valence-electron chi connectivity index (χ4n) is 2.15. The maximum absolute atomic E-state index is 11.4. The molecular weight excluding hydrogens is 314 g/mol. The van der Waals surface area contributed by atoms with Gasteiger partial charge in [-0.3, -0.25) is 4.79 Å². The first-order valence-corrected chi connectivity index (χ1v) is 7.50. The summed E-state index contributed by atoms with van der Waals surface area (Å²) in [6, 6.07) is 16.2. The third kappa shape index (κ3) is 3.48. The lowest BCUT2D eigenvalue weighted by molar-refractivity contribution is 0.101. The summed E-state index contributed by atoms with van der Waals surface area (Å²) in [5.41, 5.74) is 3.12. The maximum Gasteiger partial charge on any atom is 0.159 e. The van der Waals surface area contributed by atoms with E-state index in [0.29, 0.717) is 0 Å². The second-order valence-corrected chi connectivity index (χ2v) is 5.58. The molecule has 0 aliphatic rings. The molecule has 2 nitrogen and oxygen atoms in total. The molecule has 0 bridgehead atoms. The maximum atomic E-state index is 11.4. The van der Waals surface area contributed by atoms with Crippen LogP contribution in [0.15, 0.2) is 53.0 Å². The number of hydrogen-bond acceptors (Lipinski definition) is 2. The Labute approximate surface area is 128 Å². The van der Waals surface area contributed by atoms with E-state index in [4.69, 9.17) is 0 Å². The Morgan fingerprint density at radius 1 is 1.15 bits per heavy atom. The Kier molecular flexibility index (Phi) is 4.96. The van der Waals surface area contributed by atoms with E-state index in [1.54, 1.807) is 6.92 Å². The molecule has 0 saturated heterocycles. The van der Waals surface area contributed by atoms with Crippen LogP contribution in [0.5, 0.6) is 0 Å². The first-order chi connectivity index (χ1) is 9.61. The lowest BCUT2D eigenvalue weighted by atomic mass is 10.1. The number of hydrogen-bond donors (Lipinski definition) is 0. The van der Waals surface area contributed by atoms with Crippen molar-refractivity contribution in [3.63, 3.8) is 0 Å². The van der Waals surface area contributed by atoms with E-state index in [1.807, 2.05) is 24.3 Å². The average Bonchev–Trinajstić information content (AvgIpc) is 2.46. The molecule has 0 aliphatic heterocycles. The normalized spacial score (nSPS) is 10.3. The molecule has 2 aromatic carbocycles. The monoisotopic (exact) mass is 331 g/mol. The molecule has 0 radical (unpaired) electrons. The van der Waals surface area contributed by atoms with Gasteiger partial charge < -0.3 is 4.90 Å². The molecule has 0 unspecified atom stereocenters. The van der Waals surface area contributed by atoms with Gasteiger partial charge in [0.25, 0.3) is 0 Å². The van der Waals surface area contributed by atoms with Gasteiger partial charge in [-0.2, -0.15) is 0 Å². The van der Waals surface area contributed by atoms with Crippen LogP contribution in [0.1, 0.15) is 29.8 Å². The highest BCUT2D eigenvalue weighted by Crippen LogP contribution is 2.28. The lowest BCUT2D eigenvalue weighted by Crippen LogP contribution is -2.22. The molecule has 20 heavy (non-hydrogen) atoms. The molecule has 2 rings (SSSR count). The zero-order valence-corrected chi connectivity index (χ0v) is 13.4. The summed E-state index contributed by atoms with van der Waals surface area (Å²) in [6.07, 6.45) is 0. The Balaban J connectivity index is 2.26. The minimum Gasteiger partial charge on any atom is -0.367 e. The van der Waals surface area contributed by atoms with Crippen molar-refractivity contribution in [3.05, 3.63) is 64.1 Å². The zero-order valence-electron chi connectivity index (χ0n) is 11.8. The van der Waals surface area contributed by atoms with Crippen molar-refractivity contribution >= 4 is 27.4 Å². The zero-order chi connectivity index (χ0) is 14.5. The van der Waals surface area contributed by atoms with Crippen molar-refractivity contribution in [3.8, 4) is 0 Å². The van der Waals surface area contributed by atoms with Crippen LogP contribution in [0, 0.1) is 0 Å². The SMILES string of the molecule is CCN(Cc1ccccc1)c1ccc(C(C)=O)cc1Br. The lowest BCUT2D eigenvalue weighted by Gasteiger charge is -2.24. The molecule has 0 amide bonds. The molecule has 0 N–H and O–H groups in total. The standard InChI is InChI=1S/C17H18BrNO/c1-3-19(12-14-7-5-4-6-8-14)17-10-9-15(13(2)20)11-16(17)18/h4-11H,3,12H2,1-2H3. The minimum atomic E-state index is 0.0864. The topological polar surface area (TPSA) is 20.3 Å². The molecule has 0 atom stereocenters. The van der Waals surface area contributed by atoms with Crippen LogP contribution in [0.3, 0.4) is 0 Å². The van der Waals surface area contributed by atoms with Crippen LogP contribution in [0.4, 0.5) is 5.69 Å². The van der Waals surface area contributed by atoms with E-state index in [1.165, 1.54) is 5.56 Å². The van der Waals surface area contributed by atoms with E-state index in [9.17, 15) is 4.79 Å². The van der Waals surface area contributed by atoms with Gasteiger partial charge in [-0.15, -0.1) is 0 Å². The Morgan fingerprint density at radius 2 is 1.85 bits per heavy atom. The van der Waals surface area contributed by atoms with Gasteiger partial charge in [0.05, 0.1) is 5.69 Å². The van der Waals surface area contributed by atoms with Gasteiger partial charge in [-0.1, -0.05) is 30.3 Å². The van der Waals surface area contributed by atoms with Crippen LogP contribution in [0.25, 0.3) is 0 Å². The number of benzene rings is 2. The highest BCUT2D eigenvalue weighted by atomic mass is 79.9. The number of carbonyl (C=O) groups is 1. The van der Waals surface area contributed by atoms with Crippen molar-refractivity contribution in [1.82, 2.24) is 0 Å². The number of nitrogens with zero attached hydrogens (tertiary/aromatic N) is 1. The summed E-state index contributed by atoms with van der Waals surface area (Å²) in [4.78, 5) is 13.7. The van der Waals surface area contributed by atoms with Gasteiger partial charge in [0.15, 0.2) is 5.78 Å². The fourth-order valence-corrected chi connectivity index (χ4v) is 2.78. The Hall–Kier alpha value is -1.61. The number of halogens is 1. The van der Waals surface area contributed by atoms with Gasteiger partial charge in [0.1, 0.15) is 0 Å². The third-order valence-corrected chi connectivity index (χ3v) is 3.93. The molecule has 0 aromatic heterocycles. The number of ketones is 1. The molecule has 0 saturated carbocycles. The predicted molar refractivity (Wildman–Crippen MR) is 87.3 cm³/mol. The Bertz CT molecular complexity index is 595. The predicted octanol–water partition coefficient (Wildman–Crippen LogP) is 4.68.